The van der Waals surface area contributed by atoms with Crippen LogP contribution in [-0.2, 0) is 10.0 Å². The van der Waals surface area contributed by atoms with Crippen LogP contribution < -0.4 is 4.72 Å². The van der Waals surface area contributed by atoms with E-state index in [9.17, 15) is 18.5 Å². The smallest absolute Gasteiger partial charge is 0.258 e. The Hall–Kier alpha value is -1.44. The van der Waals surface area contributed by atoms with Crippen molar-refractivity contribution in [3.8, 4) is 0 Å². The minimum absolute atomic E-state index is 0.129. The van der Waals surface area contributed by atoms with Gasteiger partial charge in [-0.15, -0.1) is 0 Å². The highest BCUT2D eigenvalue weighted by molar-refractivity contribution is 7.89. The van der Waals surface area contributed by atoms with Crippen LogP contribution in [0.1, 0.15) is 12.8 Å². The van der Waals surface area contributed by atoms with Crippen LogP contribution in [0.2, 0.25) is 5.02 Å². The lowest BCUT2D eigenvalue weighted by atomic mass is 9.94. The van der Waals surface area contributed by atoms with Crippen LogP contribution in [0.4, 0.5) is 5.69 Å². The molecule has 1 aromatic rings. The second kappa shape index (κ2) is 5.64. The van der Waals surface area contributed by atoms with Gasteiger partial charge in [-0.05, 0) is 42.7 Å². The fourth-order valence-electron chi connectivity index (χ4n) is 3.28. The van der Waals surface area contributed by atoms with Crippen molar-refractivity contribution < 1.29 is 13.3 Å². The van der Waals surface area contributed by atoms with Crippen molar-refractivity contribution in [1.82, 2.24) is 4.72 Å². The van der Waals surface area contributed by atoms with Gasteiger partial charge in [0.2, 0.25) is 10.0 Å². The van der Waals surface area contributed by atoms with Crippen LogP contribution in [0.15, 0.2) is 35.2 Å². The van der Waals surface area contributed by atoms with Crippen molar-refractivity contribution in [2.75, 3.05) is 6.54 Å². The van der Waals surface area contributed by atoms with Gasteiger partial charge in [0.05, 0.1) is 4.92 Å². The number of allylic oxidation sites excluding steroid dienone is 2. The minimum Gasteiger partial charge on any atom is -0.258 e. The molecule has 6 nitrogen and oxygen atoms in total. The predicted octanol–water partition coefficient (Wildman–Crippen LogP) is 2.74. The normalized spacial score (nSPS) is 26.5. The molecule has 1 N–H and O–H groups in total. The van der Waals surface area contributed by atoms with Crippen LogP contribution in [0.25, 0.3) is 0 Å². The lowest BCUT2D eigenvalue weighted by molar-refractivity contribution is -0.387. The van der Waals surface area contributed by atoms with Crippen molar-refractivity contribution in [2.45, 2.75) is 17.7 Å². The molecule has 3 rings (SSSR count). The number of nitro groups is 1. The van der Waals surface area contributed by atoms with Crippen LogP contribution in [-0.4, -0.2) is 19.9 Å². The summed E-state index contributed by atoms with van der Waals surface area (Å²) in [4.78, 5) is 9.95. The van der Waals surface area contributed by atoms with E-state index in [4.69, 9.17) is 11.6 Å². The first-order valence-corrected chi connectivity index (χ1v) is 8.85. The zero-order chi connectivity index (χ0) is 15.9. The summed E-state index contributed by atoms with van der Waals surface area (Å²) in [7, 11) is -3.93. The van der Waals surface area contributed by atoms with Crippen LogP contribution in [0.3, 0.4) is 0 Å². The van der Waals surface area contributed by atoms with E-state index in [1.54, 1.807) is 0 Å². The molecule has 0 aliphatic heterocycles. The Kier molecular flexibility index (Phi) is 3.96. The Labute approximate surface area is 133 Å². The number of sulfonamides is 1. The molecule has 1 fully saturated rings. The Morgan fingerprint density at radius 2 is 2.09 bits per heavy atom. The molecule has 2 aliphatic carbocycles. The van der Waals surface area contributed by atoms with Crippen LogP contribution in [0, 0.1) is 27.9 Å². The lowest BCUT2D eigenvalue weighted by Crippen LogP contribution is -2.31. The first-order chi connectivity index (χ1) is 10.4. The summed E-state index contributed by atoms with van der Waals surface area (Å²) in [6.07, 6.45) is 6.36. The summed E-state index contributed by atoms with van der Waals surface area (Å²) in [5.41, 5.74) is -0.507. The van der Waals surface area contributed by atoms with Crippen molar-refractivity contribution >= 4 is 27.3 Å². The first kappa shape index (κ1) is 15.5. The molecule has 1 saturated carbocycles. The van der Waals surface area contributed by atoms with Gasteiger partial charge in [0, 0.05) is 17.6 Å². The number of fused-ring (bicyclic) bond motifs is 2. The zero-order valence-corrected chi connectivity index (χ0v) is 13.2. The second-order valence-electron chi connectivity index (χ2n) is 5.76. The van der Waals surface area contributed by atoms with E-state index in [-0.39, 0.29) is 15.8 Å². The summed E-state index contributed by atoms with van der Waals surface area (Å²) in [5.74, 6) is 1.22. The summed E-state index contributed by atoms with van der Waals surface area (Å²) < 4.78 is 27.2. The van der Waals surface area contributed by atoms with Gasteiger partial charge in [-0.3, -0.25) is 10.1 Å². The molecule has 0 saturated heterocycles. The van der Waals surface area contributed by atoms with E-state index in [0.717, 1.165) is 18.9 Å². The third-order valence-electron chi connectivity index (χ3n) is 4.36. The second-order valence-corrected chi connectivity index (χ2v) is 7.93. The summed E-state index contributed by atoms with van der Waals surface area (Å²) in [6.45, 7) is 0.299. The highest BCUT2D eigenvalue weighted by Gasteiger charge is 2.36. The third kappa shape index (κ3) is 2.88. The van der Waals surface area contributed by atoms with Gasteiger partial charge in [-0.2, -0.15) is 0 Å². The molecule has 0 heterocycles. The van der Waals surface area contributed by atoms with E-state index < -0.39 is 20.6 Å². The number of nitro benzene ring substituents is 1. The largest absolute Gasteiger partial charge is 0.290 e. The first-order valence-electron chi connectivity index (χ1n) is 6.99. The Morgan fingerprint density at radius 3 is 2.68 bits per heavy atom. The molecule has 118 valence electrons. The molecule has 8 heteroatoms. The average molecular weight is 343 g/mol. The van der Waals surface area contributed by atoms with Gasteiger partial charge in [0.15, 0.2) is 4.90 Å². The van der Waals surface area contributed by atoms with E-state index in [1.165, 1.54) is 12.1 Å². The standard InChI is InChI=1S/C14H15ClN2O4S/c15-12-3-4-14(13(7-12)17(18)19)22(20,21)16-8-11-6-9-1-2-10(11)5-9/h1-4,7,9-11,16H,5-6,8H2/t9-,10-,11-/m0/s1. The van der Waals surface area contributed by atoms with Crippen molar-refractivity contribution in [1.29, 1.82) is 0 Å². The molecule has 0 amide bonds. The maximum atomic E-state index is 12.4. The fraction of sp³-hybridized carbons (Fsp3) is 0.429. The quantitative estimate of drug-likeness (QED) is 0.506. The molecule has 0 spiro atoms. The molecule has 1 aromatic carbocycles. The number of hydrogen-bond acceptors (Lipinski definition) is 4. The van der Waals surface area contributed by atoms with Crippen molar-refractivity contribution in [2.24, 2.45) is 17.8 Å². The van der Waals surface area contributed by atoms with E-state index in [1.807, 2.05) is 0 Å². The van der Waals surface area contributed by atoms with Crippen LogP contribution in [0.5, 0.6) is 0 Å². The van der Waals surface area contributed by atoms with Gasteiger partial charge in [0.25, 0.3) is 5.69 Å². The molecular formula is C14H15ClN2O4S. The van der Waals surface area contributed by atoms with Crippen LogP contribution >= 0.6 is 11.6 Å². The van der Waals surface area contributed by atoms with Gasteiger partial charge < -0.3 is 0 Å². The molecule has 0 radical (unpaired) electrons. The lowest BCUT2D eigenvalue weighted by Gasteiger charge is -2.18. The highest BCUT2D eigenvalue weighted by atomic mass is 35.5. The topological polar surface area (TPSA) is 89.3 Å². The van der Waals surface area contributed by atoms with Gasteiger partial charge in [-0.25, -0.2) is 13.1 Å². The average Bonchev–Trinajstić information content (AvgIpc) is 3.07. The van der Waals surface area contributed by atoms with Gasteiger partial charge >= 0.3 is 0 Å². The van der Waals surface area contributed by atoms with E-state index in [2.05, 4.69) is 16.9 Å². The molecule has 3 atom stereocenters. The molecule has 2 aliphatic rings. The number of halogens is 1. The Balaban J connectivity index is 1.78. The Bertz CT molecular complexity index is 747. The van der Waals surface area contributed by atoms with E-state index in [0.29, 0.717) is 18.4 Å². The molecule has 2 bridgehead atoms. The number of nitrogens with one attached hydrogen (secondary N) is 1. The minimum atomic E-state index is -3.93. The van der Waals surface area contributed by atoms with E-state index >= 15 is 0 Å². The summed E-state index contributed by atoms with van der Waals surface area (Å²) in [5, 5.41) is 11.2. The fourth-order valence-corrected chi connectivity index (χ4v) is 4.70. The molecule has 22 heavy (non-hydrogen) atoms. The highest BCUT2D eigenvalue weighted by Crippen LogP contribution is 2.43. The number of hydrogen-bond donors (Lipinski definition) is 1. The summed E-state index contributed by atoms with van der Waals surface area (Å²) >= 11 is 5.71. The molecular weight excluding hydrogens is 328 g/mol. The SMILES string of the molecule is O=[N+]([O-])c1cc(Cl)ccc1S(=O)(=O)NC[C@@H]1C[C@H]2C=C[C@H]1C2. The number of rotatable bonds is 5. The number of benzene rings is 1. The summed E-state index contributed by atoms with van der Waals surface area (Å²) in [6, 6.07) is 3.56. The predicted molar refractivity (Wildman–Crippen MR) is 82.1 cm³/mol. The van der Waals surface area contributed by atoms with Gasteiger partial charge in [-0.1, -0.05) is 23.8 Å². The van der Waals surface area contributed by atoms with Crippen molar-refractivity contribution in [3.05, 3.63) is 45.5 Å². The molecule has 0 aromatic heterocycles. The van der Waals surface area contributed by atoms with Gasteiger partial charge in [0.1, 0.15) is 0 Å². The molecule has 0 unspecified atom stereocenters. The maximum absolute atomic E-state index is 12.4. The monoisotopic (exact) mass is 342 g/mol. The zero-order valence-electron chi connectivity index (χ0n) is 11.6. The number of nitrogens with zero attached hydrogens (tertiary/aromatic N) is 1. The Morgan fingerprint density at radius 1 is 1.32 bits per heavy atom. The third-order valence-corrected chi connectivity index (χ3v) is 6.07. The maximum Gasteiger partial charge on any atom is 0.290 e. The van der Waals surface area contributed by atoms with Crippen molar-refractivity contribution in [3.63, 3.8) is 0 Å².